The van der Waals surface area contributed by atoms with Crippen LogP contribution in [0.25, 0.3) is 0 Å². The SMILES string of the molecule is COC1CCC2(CC1)Oc1ccc(Br)cc1C2C=N. The molecule has 1 unspecified atom stereocenters. The molecule has 1 aliphatic heterocycles. The largest absolute Gasteiger partial charge is 0.486 e. The molecule has 0 radical (unpaired) electrons. The molecule has 1 aromatic carbocycles. The van der Waals surface area contributed by atoms with Gasteiger partial charge in [0.1, 0.15) is 11.4 Å². The zero-order valence-corrected chi connectivity index (χ0v) is 12.6. The van der Waals surface area contributed by atoms with Gasteiger partial charge in [-0.25, -0.2) is 0 Å². The van der Waals surface area contributed by atoms with Gasteiger partial charge in [0.05, 0.1) is 12.0 Å². The van der Waals surface area contributed by atoms with Crippen LogP contribution in [0.4, 0.5) is 0 Å². The lowest BCUT2D eigenvalue weighted by Gasteiger charge is -2.39. The van der Waals surface area contributed by atoms with Crippen molar-refractivity contribution in [1.82, 2.24) is 0 Å². The van der Waals surface area contributed by atoms with Gasteiger partial charge in [-0.15, -0.1) is 0 Å². The van der Waals surface area contributed by atoms with Crippen LogP contribution in [0.3, 0.4) is 0 Å². The third-order valence-corrected chi connectivity index (χ3v) is 4.96. The van der Waals surface area contributed by atoms with Gasteiger partial charge in [-0.05, 0) is 43.9 Å². The van der Waals surface area contributed by atoms with E-state index in [4.69, 9.17) is 14.9 Å². The van der Waals surface area contributed by atoms with Crippen molar-refractivity contribution >= 4 is 22.1 Å². The van der Waals surface area contributed by atoms with Gasteiger partial charge in [-0.2, -0.15) is 0 Å². The Bertz CT molecular complexity index is 495. The molecule has 4 heteroatoms. The van der Waals surface area contributed by atoms with E-state index in [0.29, 0.717) is 6.10 Å². The van der Waals surface area contributed by atoms with Crippen molar-refractivity contribution in [3.05, 3.63) is 28.2 Å². The Kier molecular flexibility index (Phi) is 3.39. The summed E-state index contributed by atoms with van der Waals surface area (Å²) in [5, 5.41) is 7.81. The molecule has 0 aromatic heterocycles. The summed E-state index contributed by atoms with van der Waals surface area (Å²) < 4.78 is 12.7. The molecule has 0 saturated heterocycles. The normalized spacial score (nSPS) is 32.9. The Hall–Kier alpha value is -0.870. The van der Waals surface area contributed by atoms with E-state index in [2.05, 4.69) is 22.0 Å². The molecule has 1 aliphatic carbocycles. The van der Waals surface area contributed by atoms with Crippen molar-refractivity contribution in [2.24, 2.45) is 0 Å². The van der Waals surface area contributed by atoms with Gasteiger partial charge in [0.25, 0.3) is 0 Å². The lowest BCUT2D eigenvalue weighted by atomic mass is 9.74. The fourth-order valence-corrected chi connectivity index (χ4v) is 3.77. The van der Waals surface area contributed by atoms with E-state index >= 15 is 0 Å². The van der Waals surface area contributed by atoms with E-state index < -0.39 is 0 Å². The summed E-state index contributed by atoms with van der Waals surface area (Å²) in [7, 11) is 1.78. The highest BCUT2D eigenvalue weighted by molar-refractivity contribution is 9.10. The molecular formula is C15H18BrNO2. The summed E-state index contributed by atoms with van der Waals surface area (Å²) in [4.78, 5) is 0. The third kappa shape index (κ3) is 2.11. The second-order valence-corrected chi connectivity index (χ2v) is 6.34. The highest BCUT2D eigenvalue weighted by Gasteiger charge is 2.49. The number of ether oxygens (including phenoxy) is 2. The molecule has 1 aromatic rings. The van der Waals surface area contributed by atoms with Crippen molar-refractivity contribution in [2.45, 2.75) is 43.3 Å². The van der Waals surface area contributed by atoms with Gasteiger partial charge >= 0.3 is 0 Å². The molecule has 19 heavy (non-hydrogen) atoms. The molecule has 2 aliphatic rings. The lowest BCUT2D eigenvalue weighted by molar-refractivity contribution is -0.0177. The van der Waals surface area contributed by atoms with Crippen LogP contribution < -0.4 is 4.74 Å². The smallest absolute Gasteiger partial charge is 0.124 e. The van der Waals surface area contributed by atoms with Crippen molar-refractivity contribution in [3.8, 4) is 5.75 Å². The van der Waals surface area contributed by atoms with Crippen LogP contribution in [0, 0.1) is 5.41 Å². The summed E-state index contributed by atoms with van der Waals surface area (Å²) in [5.41, 5.74) is 0.917. The Morgan fingerprint density at radius 2 is 2.16 bits per heavy atom. The number of nitrogens with one attached hydrogen (secondary N) is 1. The zero-order chi connectivity index (χ0) is 13.5. The predicted molar refractivity (Wildman–Crippen MR) is 78.3 cm³/mol. The van der Waals surface area contributed by atoms with Crippen LogP contribution in [0.1, 0.15) is 37.2 Å². The zero-order valence-electron chi connectivity index (χ0n) is 11.0. The highest BCUT2D eigenvalue weighted by atomic mass is 79.9. The third-order valence-electron chi connectivity index (χ3n) is 4.47. The Morgan fingerprint density at radius 1 is 1.42 bits per heavy atom. The summed E-state index contributed by atoms with van der Waals surface area (Å²) >= 11 is 3.50. The minimum Gasteiger partial charge on any atom is -0.486 e. The molecule has 1 spiro atoms. The molecule has 3 nitrogen and oxygen atoms in total. The van der Waals surface area contributed by atoms with E-state index in [1.165, 1.54) is 0 Å². The first-order valence-corrected chi connectivity index (χ1v) is 7.50. The Morgan fingerprint density at radius 3 is 2.79 bits per heavy atom. The molecule has 1 saturated carbocycles. The van der Waals surface area contributed by atoms with Gasteiger partial charge in [0.2, 0.25) is 0 Å². The molecule has 0 amide bonds. The molecule has 3 rings (SSSR count). The first-order valence-electron chi connectivity index (χ1n) is 6.70. The van der Waals surface area contributed by atoms with E-state index in [1.54, 1.807) is 13.3 Å². The number of hydrogen-bond donors (Lipinski definition) is 1. The predicted octanol–water partition coefficient (Wildman–Crippen LogP) is 3.90. The summed E-state index contributed by atoms with van der Waals surface area (Å²) in [6.07, 6.45) is 5.82. The summed E-state index contributed by atoms with van der Waals surface area (Å²) in [6.45, 7) is 0. The number of halogens is 1. The maximum absolute atomic E-state index is 7.81. The molecule has 1 N–H and O–H groups in total. The maximum Gasteiger partial charge on any atom is 0.124 e. The second-order valence-electron chi connectivity index (χ2n) is 5.43. The molecule has 1 fully saturated rings. The van der Waals surface area contributed by atoms with Crippen molar-refractivity contribution in [3.63, 3.8) is 0 Å². The van der Waals surface area contributed by atoms with Crippen molar-refractivity contribution in [2.75, 3.05) is 7.11 Å². The summed E-state index contributed by atoms with van der Waals surface area (Å²) in [6, 6.07) is 6.09. The van der Waals surface area contributed by atoms with Crippen LogP contribution in [0.5, 0.6) is 5.75 Å². The van der Waals surface area contributed by atoms with Crippen LogP contribution in [0.15, 0.2) is 22.7 Å². The van der Waals surface area contributed by atoms with Gasteiger partial charge in [0, 0.05) is 23.4 Å². The van der Waals surface area contributed by atoms with Gasteiger partial charge in [-0.3, -0.25) is 0 Å². The average molecular weight is 324 g/mol. The molecular weight excluding hydrogens is 306 g/mol. The number of fused-ring (bicyclic) bond motifs is 1. The Labute approximate surface area is 121 Å². The molecule has 1 atom stereocenters. The molecule has 1 heterocycles. The van der Waals surface area contributed by atoms with Crippen molar-refractivity contribution < 1.29 is 9.47 Å². The highest BCUT2D eigenvalue weighted by Crippen LogP contribution is 2.51. The van der Waals surface area contributed by atoms with E-state index in [-0.39, 0.29) is 11.5 Å². The van der Waals surface area contributed by atoms with Gasteiger partial charge in [0.15, 0.2) is 0 Å². The first-order chi connectivity index (χ1) is 9.18. The quantitative estimate of drug-likeness (QED) is 0.838. The van der Waals surface area contributed by atoms with Gasteiger partial charge in [-0.1, -0.05) is 15.9 Å². The first kappa shape index (κ1) is 13.1. The maximum atomic E-state index is 7.81. The Balaban J connectivity index is 1.91. The fraction of sp³-hybridized carbons (Fsp3) is 0.533. The number of hydrogen-bond acceptors (Lipinski definition) is 3. The fourth-order valence-electron chi connectivity index (χ4n) is 3.39. The number of rotatable bonds is 2. The van der Waals surface area contributed by atoms with Crippen LogP contribution >= 0.6 is 15.9 Å². The number of methoxy groups -OCH3 is 1. The monoisotopic (exact) mass is 323 g/mol. The lowest BCUT2D eigenvalue weighted by Crippen LogP contribution is -2.43. The molecule has 102 valence electrons. The van der Waals surface area contributed by atoms with Crippen LogP contribution in [-0.4, -0.2) is 25.0 Å². The van der Waals surface area contributed by atoms with Crippen LogP contribution in [0.2, 0.25) is 0 Å². The summed E-state index contributed by atoms with van der Waals surface area (Å²) in [5.74, 6) is 1.00. The average Bonchev–Trinajstić information content (AvgIpc) is 2.72. The van der Waals surface area contributed by atoms with E-state index in [0.717, 1.165) is 41.5 Å². The standard InChI is InChI=1S/C15H18BrNO2/c1-18-11-4-6-15(7-5-11)13(9-17)12-8-10(16)2-3-14(12)19-15/h2-3,8-9,11,13,17H,4-7H2,1H3. The van der Waals surface area contributed by atoms with E-state index in [1.807, 2.05) is 12.1 Å². The van der Waals surface area contributed by atoms with Gasteiger partial charge < -0.3 is 14.9 Å². The topological polar surface area (TPSA) is 42.3 Å². The van der Waals surface area contributed by atoms with Crippen molar-refractivity contribution in [1.29, 1.82) is 5.41 Å². The second kappa shape index (κ2) is 4.91. The number of benzene rings is 1. The minimum atomic E-state index is -0.222. The van der Waals surface area contributed by atoms with Crippen LogP contribution in [-0.2, 0) is 4.74 Å². The minimum absolute atomic E-state index is 0.0674. The molecule has 0 bridgehead atoms. The van der Waals surface area contributed by atoms with E-state index in [9.17, 15) is 0 Å².